The van der Waals surface area contributed by atoms with Crippen LogP contribution in [0, 0.1) is 0 Å². The maximum absolute atomic E-state index is 5.61. The van der Waals surface area contributed by atoms with Crippen molar-refractivity contribution in [3.63, 3.8) is 0 Å². The summed E-state index contributed by atoms with van der Waals surface area (Å²) in [4.78, 5) is 0. The van der Waals surface area contributed by atoms with E-state index in [2.05, 4.69) is 0 Å². The number of epoxide rings is 1. The molecule has 1 saturated heterocycles. The molecule has 1 aromatic rings. The predicted octanol–water partition coefficient (Wildman–Crippen LogP) is 1.72. The highest BCUT2D eigenvalue weighted by Crippen LogP contribution is 2.39. The molecule has 0 saturated carbocycles. The molecule has 16 heavy (non-hydrogen) atoms. The lowest BCUT2D eigenvalue weighted by Crippen LogP contribution is -2.21. The molecule has 0 aromatic heterocycles. The Hall–Kier alpha value is -1.26. The van der Waals surface area contributed by atoms with Gasteiger partial charge in [-0.05, 0) is 13.0 Å². The van der Waals surface area contributed by atoms with Crippen LogP contribution in [0.25, 0.3) is 0 Å². The van der Waals surface area contributed by atoms with Crippen LogP contribution in [-0.2, 0) is 15.9 Å². The molecule has 0 aliphatic carbocycles. The Kier molecular flexibility index (Phi) is 2.46. The first-order valence-corrected chi connectivity index (χ1v) is 5.55. The van der Waals surface area contributed by atoms with Gasteiger partial charge in [-0.3, -0.25) is 0 Å². The molecular formula is C12H14O4. The molecule has 2 unspecified atom stereocenters. The molecule has 1 aromatic carbocycles. The molecule has 4 nitrogen and oxygen atoms in total. The van der Waals surface area contributed by atoms with Crippen LogP contribution in [-0.4, -0.2) is 25.8 Å². The largest absolute Gasteiger partial charge is 0.428 e. The molecule has 1 fully saturated rings. The molecule has 0 bridgehead atoms. The minimum atomic E-state index is -0.596. The van der Waals surface area contributed by atoms with Crippen LogP contribution in [0.2, 0.25) is 0 Å². The van der Waals surface area contributed by atoms with Gasteiger partial charge in [0.05, 0.1) is 19.3 Å². The van der Waals surface area contributed by atoms with Crippen molar-refractivity contribution in [2.75, 3.05) is 13.2 Å². The van der Waals surface area contributed by atoms with Crippen LogP contribution in [0.3, 0.4) is 0 Å². The molecule has 2 heterocycles. The molecule has 2 aliphatic heterocycles. The van der Waals surface area contributed by atoms with E-state index in [1.54, 1.807) is 0 Å². The Bertz CT molecular complexity index is 387. The molecule has 0 spiro atoms. The number of benzene rings is 1. The molecule has 86 valence electrons. The summed E-state index contributed by atoms with van der Waals surface area (Å²) in [6, 6.07) is 5.90. The second kappa shape index (κ2) is 3.96. The lowest BCUT2D eigenvalue weighted by Gasteiger charge is -2.08. The van der Waals surface area contributed by atoms with Crippen molar-refractivity contribution in [1.82, 2.24) is 0 Å². The topological polar surface area (TPSA) is 40.2 Å². The molecule has 2 atom stereocenters. The highest BCUT2D eigenvalue weighted by molar-refractivity contribution is 5.48. The van der Waals surface area contributed by atoms with Crippen molar-refractivity contribution in [3.05, 3.63) is 23.8 Å². The van der Waals surface area contributed by atoms with Crippen LogP contribution >= 0.6 is 0 Å². The summed E-state index contributed by atoms with van der Waals surface area (Å²) in [6.07, 6.45) is 1.23. The van der Waals surface area contributed by atoms with Gasteiger partial charge in [0.25, 0.3) is 0 Å². The first kappa shape index (κ1) is 9.93. The number of para-hydroxylation sites is 1. The Labute approximate surface area is 94.1 Å². The smallest absolute Gasteiger partial charge is 0.361 e. The summed E-state index contributed by atoms with van der Waals surface area (Å²) < 4.78 is 21.6. The summed E-state index contributed by atoms with van der Waals surface area (Å²) in [5.74, 6) is 1.56. The summed E-state index contributed by atoms with van der Waals surface area (Å²) in [5.41, 5.74) is 1.13. The maximum Gasteiger partial charge on any atom is 0.361 e. The van der Waals surface area contributed by atoms with E-state index in [4.69, 9.17) is 18.9 Å². The van der Waals surface area contributed by atoms with Crippen LogP contribution < -0.4 is 9.47 Å². The molecule has 0 N–H and O–H groups in total. The van der Waals surface area contributed by atoms with E-state index in [9.17, 15) is 0 Å². The SMILES string of the molecule is CCOC1Oc2cccc(CC3CO3)c2O1. The molecule has 0 radical (unpaired) electrons. The van der Waals surface area contributed by atoms with Crippen molar-refractivity contribution >= 4 is 0 Å². The number of hydrogen-bond donors (Lipinski definition) is 0. The van der Waals surface area contributed by atoms with Gasteiger partial charge in [-0.25, -0.2) is 0 Å². The second-order valence-corrected chi connectivity index (χ2v) is 3.88. The lowest BCUT2D eigenvalue weighted by molar-refractivity contribution is -0.173. The third kappa shape index (κ3) is 1.86. The molecule has 2 aliphatic rings. The summed E-state index contributed by atoms with van der Waals surface area (Å²) in [7, 11) is 0. The lowest BCUT2D eigenvalue weighted by atomic mass is 10.1. The predicted molar refractivity (Wildman–Crippen MR) is 56.6 cm³/mol. The monoisotopic (exact) mass is 222 g/mol. The van der Waals surface area contributed by atoms with E-state index in [0.717, 1.165) is 30.1 Å². The van der Waals surface area contributed by atoms with E-state index in [-0.39, 0.29) is 0 Å². The summed E-state index contributed by atoms with van der Waals surface area (Å²) in [5, 5.41) is 0. The van der Waals surface area contributed by atoms with Crippen molar-refractivity contribution < 1.29 is 18.9 Å². The Morgan fingerprint density at radius 1 is 1.38 bits per heavy atom. The fourth-order valence-electron chi connectivity index (χ4n) is 1.81. The Morgan fingerprint density at radius 3 is 3.00 bits per heavy atom. The van der Waals surface area contributed by atoms with Gasteiger partial charge in [0, 0.05) is 12.0 Å². The van der Waals surface area contributed by atoms with Crippen molar-refractivity contribution in [2.45, 2.75) is 25.9 Å². The second-order valence-electron chi connectivity index (χ2n) is 3.88. The molecular weight excluding hydrogens is 208 g/mol. The Balaban J connectivity index is 1.79. The van der Waals surface area contributed by atoms with Crippen LogP contribution in [0.15, 0.2) is 18.2 Å². The zero-order valence-corrected chi connectivity index (χ0v) is 9.14. The van der Waals surface area contributed by atoms with E-state index in [1.165, 1.54) is 0 Å². The van der Waals surface area contributed by atoms with E-state index in [0.29, 0.717) is 12.7 Å². The average molecular weight is 222 g/mol. The summed E-state index contributed by atoms with van der Waals surface area (Å²) in [6.45, 7) is 2.73. The quantitative estimate of drug-likeness (QED) is 0.727. The zero-order chi connectivity index (χ0) is 11.0. The fraction of sp³-hybridized carbons (Fsp3) is 0.500. The minimum absolute atomic E-state index is 0.348. The highest BCUT2D eigenvalue weighted by atomic mass is 16.9. The number of ether oxygens (including phenoxy) is 4. The third-order valence-corrected chi connectivity index (χ3v) is 2.65. The third-order valence-electron chi connectivity index (χ3n) is 2.65. The number of hydrogen-bond acceptors (Lipinski definition) is 4. The highest BCUT2D eigenvalue weighted by Gasteiger charge is 2.30. The van der Waals surface area contributed by atoms with Crippen LogP contribution in [0.5, 0.6) is 11.5 Å². The molecule has 3 rings (SSSR count). The Morgan fingerprint density at radius 2 is 2.25 bits per heavy atom. The zero-order valence-electron chi connectivity index (χ0n) is 9.14. The summed E-state index contributed by atoms with van der Waals surface area (Å²) >= 11 is 0. The van der Waals surface area contributed by atoms with Crippen molar-refractivity contribution in [2.24, 2.45) is 0 Å². The molecule has 4 heteroatoms. The van der Waals surface area contributed by atoms with Gasteiger partial charge >= 0.3 is 6.48 Å². The average Bonchev–Trinajstić information content (AvgIpc) is 2.98. The van der Waals surface area contributed by atoms with Gasteiger partial charge < -0.3 is 18.9 Å². The van der Waals surface area contributed by atoms with Crippen molar-refractivity contribution in [3.8, 4) is 11.5 Å². The standard InChI is InChI=1S/C12H14O4/c1-2-13-12-15-10-5-3-4-8(11(10)16-12)6-9-7-14-9/h3-5,9,12H,2,6-7H2,1H3. The van der Waals surface area contributed by atoms with E-state index in [1.807, 2.05) is 25.1 Å². The number of fused-ring (bicyclic) bond motifs is 1. The van der Waals surface area contributed by atoms with Crippen LogP contribution in [0.1, 0.15) is 12.5 Å². The van der Waals surface area contributed by atoms with E-state index >= 15 is 0 Å². The fourth-order valence-corrected chi connectivity index (χ4v) is 1.81. The first-order chi connectivity index (χ1) is 7.86. The van der Waals surface area contributed by atoms with Crippen molar-refractivity contribution in [1.29, 1.82) is 0 Å². The first-order valence-electron chi connectivity index (χ1n) is 5.55. The maximum atomic E-state index is 5.61. The van der Waals surface area contributed by atoms with Gasteiger partial charge in [-0.2, -0.15) is 0 Å². The molecule has 0 amide bonds. The normalized spacial score (nSPS) is 25.8. The van der Waals surface area contributed by atoms with Gasteiger partial charge in [0.1, 0.15) is 0 Å². The van der Waals surface area contributed by atoms with Gasteiger partial charge in [-0.15, -0.1) is 0 Å². The van der Waals surface area contributed by atoms with E-state index < -0.39 is 6.48 Å². The van der Waals surface area contributed by atoms with Gasteiger partial charge in [0.2, 0.25) is 0 Å². The van der Waals surface area contributed by atoms with Crippen LogP contribution in [0.4, 0.5) is 0 Å². The minimum Gasteiger partial charge on any atom is -0.428 e. The van der Waals surface area contributed by atoms with Gasteiger partial charge in [-0.1, -0.05) is 12.1 Å². The number of rotatable bonds is 4. The van der Waals surface area contributed by atoms with Gasteiger partial charge in [0.15, 0.2) is 11.5 Å².